The zero-order chi connectivity index (χ0) is 14.5. The lowest BCUT2D eigenvalue weighted by molar-refractivity contribution is 0.0292. The van der Waals surface area contributed by atoms with Gasteiger partial charge in [0.15, 0.2) is 0 Å². The second-order valence-electron chi connectivity index (χ2n) is 4.52. The molecule has 108 valence electrons. The van der Waals surface area contributed by atoms with Crippen LogP contribution in [-0.2, 0) is 14.8 Å². The van der Waals surface area contributed by atoms with E-state index in [-0.39, 0.29) is 11.4 Å². The zero-order valence-electron chi connectivity index (χ0n) is 10.9. The van der Waals surface area contributed by atoms with Crippen LogP contribution >= 0.6 is 22.6 Å². The average molecular weight is 399 g/mol. The van der Waals surface area contributed by atoms with E-state index in [9.17, 15) is 13.5 Å². The molecule has 1 aromatic rings. The van der Waals surface area contributed by atoms with Gasteiger partial charge in [-0.2, -0.15) is 0 Å². The number of methoxy groups -OCH3 is 1. The molecule has 0 aliphatic heterocycles. The fraction of sp³-hybridized carbons (Fsp3) is 0.500. The molecule has 7 heteroatoms. The summed E-state index contributed by atoms with van der Waals surface area (Å²) in [6.45, 7) is 1.89. The molecule has 5 nitrogen and oxygen atoms in total. The van der Waals surface area contributed by atoms with E-state index in [1.54, 1.807) is 19.1 Å². The van der Waals surface area contributed by atoms with Gasteiger partial charge in [0, 0.05) is 30.3 Å². The Kier molecular flexibility index (Phi) is 6.18. The van der Waals surface area contributed by atoms with Crippen LogP contribution in [0.1, 0.15) is 13.3 Å². The first-order valence-corrected chi connectivity index (χ1v) is 8.30. The summed E-state index contributed by atoms with van der Waals surface area (Å²) in [5.74, 6) is 0. The summed E-state index contributed by atoms with van der Waals surface area (Å²) < 4.78 is 32.3. The number of sulfonamides is 1. The van der Waals surface area contributed by atoms with Gasteiger partial charge in [-0.3, -0.25) is 0 Å². The van der Waals surface area contributed by atoms with Gasteiger partial charge < -0.3 is 9.84 Å². The number of rotatable bonds is 7. The molecule has 0 heterocycles. The number of halogens is 1. The minimum absolute atomic E-state index is 0.0509. The van der Waals surface area contributed by atoms with Gasteiger partial charge in [0.25, 0.3) is 0 Å². The molecule has 2 N–H and O–H groups in total. The monoisotopic (exact) mass is 399 g/mol. The van der Waals surface area contributed by atoms with E-state index in [0.29, 0.717) is 13.0 Å². The predicted molar refractivity (Wildman–Crippen MR) is 81.5 cm³/mol. The standard InChI is InChI=1S/C12H18INO4S/c1-12(15,7-8-18-2)9-14-19(16,17)11-5-3-10(13)4-6-11/h3-6,14-15H,7-9H2,1-2H3. The maximum Gasteiger partial charge on any atom is 0.240 e. The predicted octanol–water partition coefficient (Wildman–Crippen LogP) is 1.36. The molecule has 0 fully saturated rings. The molecule has 0 aromatic heterocycles. The van der Waals surface area contributed by atoms with E-state index in [1.165, 1.54) is 19.2 Å². The van der Waals surface area contributed by atoms with Crippen molar-refractivity contribution in [1.29, 1.82) is 0 Å². The van der Waals surface area contributed by atoms with Crippen LogP contribution in [0.5, 0.6) is 0 Å². The number of ether oxygens (including phenoxy) is 1. The molecular weight excluding hydrogens is 381 g/mol. The van der Waals surface area contributed by atoms with Crippen LogP contribution in [0, 0.1) is 3.57 Å². The first kappa shape index (κ1) is 16.8. The van der Waals surface area contributed by atoms with Crippen molar-refractivity contribution in [1.82, 2.24) is 4.72 Å². The van der Waals surface area contributed by atoms with Crippen molar-refractivity contribution in [2.45, 2.75) is 23.8 Å². The van der Waals surface area contributed by atoms with Crippen molar-refractivity contribution in [3.63, 3.8) is 0 Å². The first-order valence-electron chi connectivity index (χ1n) is 5.73. The molecule has 0 amide bonds. The molecular formula is C12H18INO4S. The fourth-order valence-electron chi connectivity index (χ4n) is 1.36. The van der Waals surface area contributed by atoms with Crippen LogP contribution in [-0.4, -0.2) is 39.4 Å². The Hall–Kier alpha value is -0.220. The molecule has 0 aliphatic rings. The molecule has 0 aliphatic carbocycles. The second-order valence-corrected chi connectivity index (χ2v) is 7.53. The topological polar surface area (TPSA) is 75.6 Å². The number of hydrogen-bond donors (Lipinski definition) is 2. The van der Waals surface area contributed by atoms with Crippen LogP contribution in [0.15, 0.2) is 29.2 Å². The van der Waals surface area contributed by atoms with Crippen molar-refractivity contribution in [2.75, 3.05) is 20.3 Å². The van der Waals surface area contributed by atoms with Crippen molar-refractivity contribution in [3.05, 3.63) is 27.8 Å². The van der Waals surface area contributed by atoms with Crippen molar-refractivity contribution in [3.8, 4) is 0 Å². The van der Waals surface area contributed by atoms with E-state index in [0.717, 1.165) is 3.57 Å². The lowest BCUT2D eigenvalue weighted by atomic mass is 10.0. The lowest BCUT2D eigenvalue weighted by Gasteiger charge is -2.23. The first-order chi connectivity index (χ1) is 8.77. The van der Waals surface area contributed by atoms with Crippen molar-refractivity contribution in [2.24, 2.45) is 0 Å². The summed E-state index contributed by atoms with van der Waals surface area (Å²) >= 11 is 2.10. The molecule has 1 rings (SSSR count). The van der Waals surface area contributed by atoms with Crippen LogP contribution in [0.4, 0.5) is 0 Å². The third-order valence-electron chi connectivity index (χ3n) is 2.61. The number of hydrogen-bond acceptors (Lipinski definition) is 4. The van der Waals surface area contributed by atoms with Gasteiger partial charge in [-0.15, -0.1) is 0 Å². The van der Waals surface area contributed by atoms with Gasteiger partial charge in [-0.1, -0.05) is 0 Å². The van der Waals surface area contributed by atoms with E-state index >= 15 is 0 Å². The Labute approximate surface area is 127 Å². The number of nitrogens with one attached hydrogen (secondary N) is 1. The largest absolute Gasteiger partial charge is 0.389 e. The third kappa shape index (κ3) is 5.74. The SMILES string of the molecule is COCCC(C)(O)CNS(=O)(=O)c1ccc(I)cc1. The molecule has 0 radical (unpaired) electrons. The Morgan fingerprint density at radius 2 is 1.95 bits per heavy atom. The van der Waals surface area contributed by atoms with E-state index in [1.807, 2.05) is 0 Å². The summed E-state index contributed by atoms with van der Waals surface area (Å²) in [6.07, 6.45) is 0.360. The highest BCUT2D eigenvalue weighted by Gasteiger charge is 2.23. The van der Waals surface area contributed by atoms with Gasteiger partial charge in [-0.25, -0.2) is 13.1 Å². The Morgan fingerprint density at radius 1 is 1.37 bits per heavy atom. The highest BCUT2D eigenvalue weighted by molar-refractivity contribution is 14.1. The normalized spacial score (nSPS) is 15.2. The molecule has 1 unspecified atom stereocenters. The summed E-state index contributed by atoms with van der Waals surface area (Å²) in [4.78, 5) is 0.190. The summed E-state index contributed by atoms with van der Waals surface area (Å²) in [6, 6.07) is 6.51. The molecule has 0 bridgehead atoms. The Bertz CT molecular complexity index is 499. The smallest absolute Gasteiger partial charge is 0.240 e. The van der Waals surface area contributed by atoms with Crippen LogP contribution in [0.2, 0.25) is 0 Å². The van der Waals surface area contributed by atoms with Crippen molar-refractivity contribution >= 4 is 32.6 Å². The quantitative estimate of drug-likeness (QED) is 0.679. The molecule has 1 aromatic carbocycles. The summed E-state index contributed by atoms with van der Waals surface area (Å²) in [5.41, 5.74) is -1.13. The van der Waals surface area contributed by atoms with Gasteiger partial charge >= 0.3 is 0 Å². The highest BCUT2D eigenvalue weighted by atomic mass is 127. The average Bonchev–Trinajstić information content (AvgIpc) is 2.35. The summed E-state index contributed by atoms with van der Waals surface area (Å²) in [7, 11) is -2.06. The molecule has 19 heavy (non-hydrogen) atoms. The van der Waals surface area contributed by atoms with E-state index in [2.05, 4.69) is 27.3 Å². The maximum atomic E-state index is 12.0. The number of benzene rings is 1. The highest BCUT2D eigenvalue weighted by Crippen LogP contribution is 2.14. The van der Waals surface area contributed by atoms with Gasteiger partial charge in [0.2, 0.25) is 10.0 Å². The molecule has 0 saturated heterocycles. The van der Waals surface area contributed by atoms with E-state index in [4.69, 9.17) is 4.74 Å². The fourth-order valence-corrected chi connectivity index (χ4v) is 2.88. The lowest BCUT2D eigenvalue weighted by Crippen LogP contribution is -2.41. The minimum Gasteiger partial charge on any atom is -0.389 e. The van der Waals surface area contributed by atoms with Crippen LogP contribution in [0.3, 0.4) is 0 Å². The third-order valence-corrected chi connectivity index (χ3v) is 4.75. The molecule has 1 atom stereocenters. The Balaban J connectivity index is 2.68. The number of aliphatic hydroxyl groups is 1. The zero-order valence-corrected chi connectivity index (χ0v) is 13.9. The van der Waals surface area contributed by atoms with E-state index < -0.39 is 15.6 Å². The molecule has 0 saturated carbocycles. The van der Waals surface area contributed by atoms with Gasteiger partial charge in [0.1, 0.15) is 0 Å². The minimum atomic E-state index is -3.59. The van der Waals surface area contributed by atoms with Crippen LogP contribution in [0.25, 0.3) is 0 Å². The van der Waals surface area contributed by atoms with Crippen LogP contribution < -0.4 is 4.72 Å². The summed E-state index contributed by atoms with van der Waals surface area (Å²) in [5, 5.41) is 9.99. The second kappa shape index (κ2) is 6.98. The van der Waals surface area contributed by atoms with Gasteiger partial charge in [-0.05, 0) is 53.8 Å². The van der Waals surface area contributed by atoms with Gasteiger partial charge in [0.05, 0.1) is 10.5 Å². The molecule has 0 spiro atoms. The van der Waals surface area contributed by atoms with Crippen molar-refractivity contribution < 1.29 is 18.3 Å². The maximum absolute atomic E-state index is 12.0. The Morgan fingerprint density at radius 3 is 2.47 bits per heavy atom.